The van der Waals surface area contributed by atoms with Crippen LogP contribution in [0.25, 0.3) is 0 Å². The van der Waals surface area contributed by atoms with Crippen molar-refractivity contribution >= 4 is 54.1 Å². The molecule has 0 bridgehead atoms. The van der Waals surface area contributed by atoms with E-state index in [0.717, 1.165) is 18.1 Å². The first-order valence-corrected chi connectivity index (χ1v) is 7.67. The molecule has 6 nitrogen and oxygen atoms in total. The van der Waals surface area contributed by atoms with Gasteiger partial charge in [-0.15, -0.1) is 24.8 Å². The Balaban J connectivity index is 0.00000220. The highest BCUT2D eigenvalue weighted by Gasteiger charge is 2.16. The summed E-state index contributed by atoms with van der Waals surface area (Å²) in [6.07, 6.45) is 3.60. The zero-order valence-corrected chi connectivity index (χ0v) is 14.4. The fourth-order valence-corrected chi connectivity index (χ4v) is 2.82. The van der Waals surface area contributed by atoms with Gasteiger partial charge in [-0.05, 0) is 12.1 Å². The van der Waals surface area contributed by atoms with Gasteiger partial charge in [0.1, 0.15) is 0 Å². The van der Waals surface area contributed by atoms with Crippen molar-refractivity contribution in [3.63, 3.8) is 0 Å². The van der Waals surface area contributed by atoms with Crippen LogP contribution in [0.1, 0.15) is 6.42 Å². The van der Waals surface area contributed by atoms with Crippen molar-refractivity contribution < 1.29 is 9.59 Å². The van der Waals surface area contributed by atoms with Crippen molar-refractivity contribution in [3.8, 4) is 0 Å². The number of aromatic nitrogens is 1. The zero-order valence-electron chi connectivity index (χ0n) is 11.9. The smallest absolute Gasteiger partial charge is 0.243 e. The molecule has 9 heteroatoms. The third kappa shape index (κ3) is 7.84. The number of nitrogens with zero attached hydrogens (tertiary/aromatic N) is 1. The van der Waals surface area contributed by atoms with Gasteiger partial charge in [0.15, 0.2) is 0 Å². The molecule has 1 aromatic heterocycles. The number of halogens is 2. The van der Waals surface area contributed by atoms with Gasteiger partial charge in [0.2, 0.25) is 11.8 Å². The van der Waals surface area contributed by atoms with Crippen molar-refractivity contribution in [2.45, 2.75) is 12.5 Å². The Kier molecular flexibility index (Phi) is 11.0. The summed E-state index contributed by atoms with van der Waals surface area (Å²) in [4.78, 5) is 27.2. The second-order valence-electron chi connectivity index (χ2n) is 4.50. The monoisotopic (exact) mass is 366 g/mol. The largest absolute Gasteiger partial charge is 0.347 e. The van der Waals surface area contributed by atoms with Gasteiger partial charge in [-0.25, -0.2) is 0 Å². The molecule has 0 radical (unpaired) electrons. The molecule has 1 aliphatic rings. The predicted molar refractivity (Wildman–Crippen MR) is 94.1 cm³/mol. The summed E-state index contributed by atoms with van der Waals surface area (Å²) < 4.78 is 0. The number of carbonyl (C=O) groups is 2. The summed E-state index contributed by atoms with van der Waals surface area (Å²) in [6.45, 7) is 0.914. The van der Waals surface area contributed by atoms with Crippen molar-refractivity contribution in [2.75, 3.05) is 29.9 Å². The van der Waals surface area contributed by atoms with Gasteiger partial charge in [0.05, 0.1) is 18.4 Å². The summed E-state index contributed by atoms with van der Waals surface area (Å²) in [5.74, 6) is 1.67. The predicted octanol–water partition coefficient (Wildman–Crippen LogP) is 1.07. The lowest BCUT2D eigenvalue weighted by Gasteiger charge is -2.22. The van der Waals surface area contributed by atoms with E-state index in [-0.39, 0.29) is 49.2 Å². The SMILES string of the molecule is Cl.Cl.O=C(CC1CSCCN1)NCC(=O)Nc1cccnc1. The number of rotatable bonds is 5. The molecule has 1 fully saturated rings. The number of anilines is 1. The number of hydrogen-bond donors (Lipinski definition) is 3. The van der Waals surface area contributed by atoms with E-state index in [1.165, 1.54) is 0 Å². The van der Waals surface area contributed by atoms with Crippen LogP contribution in [0.3, 0.4) is 0 Å². The molecule has 1 aliphatic heterocycles. The molecular weight excluding hydrogens is 347 g/mol. The summed E-state index contributed by atoms with van der Waals surface area (Å²) >= 11 is 1.84. The molecular formula is C13H20Cl2N4O2S. The van der Waals surface area contributed by atoms with Gasteiger partial charge in [-0.2, -0.15) is 11.8 Å². The average Bonchev–Trinajstić information content (AvgIpc) is 2.47. The second kappa shape index (κ2) is 11.5. The van der Waals surface area contributed by atoms with Gasteiger partial charge >= 0.3 is 0 Å². The van der Waals surface area contributed by atoms with Crippen molar-refractivity contribution in [1.29, 1.82) is 0 Å². The lowest BCUT2D eigenvalue weighted by Crippen LogP contribution is -2.42. The summed E-state index contributed by atoms with van der Waals surface area (Å²) in [7, 11) is 0. The maximum absolute atomic E-state index is 11.7. The average molecular weight is 367 g/mol. The lowest BCUT2D eigenvalue weighted by atomic mass is 10.2. The van der Waals surface area contributed by atoms with Crippen LogP contribution in [0.4, 0.5) is 5.69 Å². The Labute approximate surface area is 146 Å². The first-order valence-electron chi connectivity index (χ1n) is 6.52. The van der Waals surface area contributed by atoms with E-state index in [1.54, 1.807) is 24.5 Å². The fourth-order valence-electron chi connectivity index (χ4n) is 1.87. The minimum Gasteiger partial charge on any atom is -0.347 e. The van der Waals surface area contributed by atoms with Crippen LogP contribution in [0.2, 0.25) is 0 Å². The van der Waals surface area contributed by atoms with E-state index in [9.17, 15) is 9.59 Å². The van der Waals surface area contributed by atoms with Crippen LogP contribution >= 0.6 is 36.6 Å². The maximum Gasteiger partial charge on any atom is 0.243 e. The first-order chi connectivity index (χ1) is 9.74. The highest BCUT2D eigenvalue weighted by Crippen LogP contribution is 2.09. The van der Waals surface area contributed by atoms with Gasteiger partial charge in [-0.1, -0.05) is 0 Å². The molecule has 0 spiro atoms. The Morgan fingerprint density at radius 3 is 2.82 bits per heavy atom. The van der Waals surface area contributed by atoms with E-state index < -0.39 is 0 Å². The third-order valence-electron chi connectivity index (χ3n) is 2.82. The van der Waals surface area contributed by atoms with Crippen LogP contribution in [0, 0.1) is 0 Å². The van der Waals surface area contributed by atoms with Gasteiger partial charge in [-0.3, -0.25) is 14.6 Å². The van der Waals surface area contributed by atoms with E-state index in [2.05, 4.69) is 20.9 Å². The van der Waals surface area contributed by atoms with Crippen LogP contribution in [0.5, 0.6) is 0 Å². The molecule has 0 aliphatic carbocycles. The van der Waals surface area contributed by atoms with E-state index in [0.29, 0.717) is 12.1 Å². The first kappa shape index (κ1) is 21.0. The van der Waals surface area contributed by atoms with E-state index in [1.807, 2.05) is 11.8 Å². The molecule has 124 valence electrons. The molecule has 0 saturated carbocycles. The quantitative estimate of drug-likeness (QED) is 0.725. The standard InChI is InChI=1S/C13H18N4O2S.2ClH/c18-12(6-11-9-20-5-4-15-11)16-8-13(19)17-10-2-1-3-14-7-10;;/h1-3,7,11,15H,4-6,8-9H2,(H,16,18)(H,17,19);2*1H. The van der Waals surface area contributed by atoms with Crippen molar-refractivity contribution in [3.05, 3.63) is 24.5 Å². The van der Waals surface area contributed by atoms with E-state index in [4.69, 9.17) is 0 Å². The lowest BCUT2D eigenvalue weighted by molar-refractivity contribution is -0.124. The van der Waals surface area contributed by atoms with Crippen LogP contribution in [-0.2, 0) is 9.59 Å². The van der Waals surface area contributed by atoms with Gasteiger partial charge in [0, 0.05) is 36.7 Å². The van der Waals surface area contributed by atoms with Crippen molar-refractivity contribution in [1.82, 2.24) is 15.6 Å². The van der Waals surface area contributed by atoms with Crippen LogP contribution in [-0.4, -0.2) is 47.4 Å². The molecule has 1 aromatic rings. The van der Waals surface area contributed by atoms with Gasteiger partial charge < -0.3 is 16.0 Å². The number of nitrogens with one attached hydrogen (secondary N) is 3. The summed E-state index contributed by atoms with van der Waals surface area (Å²) in [5.41, 5.74) is 0.622. The van der Waals surface area contributed by atoms with E-state index >= 15 is 0 Å². The summed E-state index contributed by atoms with van der Waals surface area (Å²) in [5, 5.41) is 8.58. The highest BCUT2D eigenvalue weighted by atomic mass is 35.5. The zero-order chi connectivity index (χ0) is 14.2. The Hall–Kier alpha value is -1.02. The normalized spacial score (nSPS) is 16.6. The molecule has 1 saturated heterocycles. The molecule has 3 N–H and O–H groups in total. The molecule has 2 rings (SSSR count). The Bertz CT molecular complexity index is 459. The van der Waals surface area contributed by atoms with Crippen LogP contribution < -0.4 is 16.0 Å². The molecule has 2 heterocycles. The number of amides is 2. The third-order valence-corrected chi connectivity index (χ3v) is 3.95. The Morgan fingerprint density at radius 1 is 1.36 bits per heavy atom. The second-order valence-corrected chi connectivity index (χ2v) is 5.65. The number of carbonyl (C=O) groups excluding carboxylic acids is 2. The number of thioether (sulfide) groups is 1. The topological polar surface area (TPSA) is 83.1 Å². The summed E-state index contributed by atoms with van der Waals surface area (Å²) in [6, 6.07) is 3.69. The molecule has 22 heavy (non-hydrogen) atoms. The number of hydrogen-bond acceptors (Lipinski definition) is 5. The minimum atomic E-state index is -0.252. The fraction of sp³-hybridized carbons (Fsp3) is 0.462. The van der Waals surface area contributed by atoms with Gasteiger partial charge in [0.25, 0.3) is 0 Å². The Morgan fingerprint density at radius 2 is 2.18 bits per heavy atom. The maximum atomic E-state index is 11.7. The van der Waals surface area contributed by atoms with Crippen LogP contribution in [0.15, 0.2) is 24.5 Å². The minimum absolute atomic E-state index is 0. The van der Waals surface area contributed by atoms with Crippen molar-refractivity contribution in [2.24, 2.45) is 0 Å². The highest BCUT2D eigenvalue weighted by molar-refractivity contribution is 7.99. The molecule has 2 amide bonds. The number of pyridine rings is 1. The molecule has 1 atom stereocenters. The molecule has 0 aromatic carbocycles. The molecule has 1 unspecified atom stereocenters.